The summed E-state index contributed by atoms with van der Waals surface area (Å²) < 4.78 is 74.1. The van der Waals surface area contributed by atoms with Crippen LogP contribution >= 0.6 is 11.3 Å². The highest BCUT2D eigenvalue weighted by molar-refractivity contribution is 7.80. The molecule has 0 saturated carbocycles. The molecule has 18 nitrogen and oxygen atoms in total. The SMILES string of the molecule is C[n+]1cc(-c2c(F)cc(OC[C@H](O/N=C(\C(=O)N[C@@H]3C(=O)N(OS(=O)(=O)O)C3(C)C)c3csc(N)n3)C(=O)O)cc2F)cn1CCCN. The Kier molecular flexibility index (Phi) is 10.6. The summed E-state index contributed by atoms with van der Waals surface area (Å²) in [4.78, 5) is 46.6. The third-order valence-electron chi connectivity index (χ3n) is 6.96. The molecule has 1 saturated heterocycles. The number of anilines is 1. The molecule has 0 radical (unpaired) electrons. The number of rotatable bonds is 15. The summed E-state index contributed by atoms with van der Waals surface area (Å²) in [6.07, 6.45) is 1.80. The fraction of sp³-hybridized carbons (Fsp3) is 0.385. The fourth-order valence-corrected chi connectivity index (χ4v) is 5.53. The van der Waals surface area contributed by atoms with E-state index in [4.69, 9.17) is 25.6 Å². The lowest BCUT2D eigenvalue weighted by Crippen LogP contribution is -2.76. The van der Waals surface area contributed by atoms with E-state index in [1.54, 1.807) is 22.6 Å². The second-order valence-electron chi connectivity index (χ2n) is 10.8. The van der Waals surface area contributed by atoms with Crippen molar-refractivity contribution in [3.63, 3.8) is 0 Å². The van der Waals surface area contributed by atoms with Gasteiger partial charge in [0.05, 0.1) is 29.4 Å². The van der Waals surface area contributed by atoms with Crippen LogP contribution in [-0.2, 0) is 47.5 Å². The molecular weight excluding hydrogens is 686 g/mol. The fourth-order valence-electron chi connectivity index (χ4n) is 4.53. The molecule has 3 aromatic rings. The average Bonchev–Trinajstić information content (AvgIpc) is 3.58. The van der Waals surface area contributed by atoms with E-state index in [0.717, 1.165) is 23.5 Å². The molecule has 3 heterocycles. The number of aromatic nitrogens is 3. The number of benzene rings is 1. The van der Waals surface area contributed by atoms with Gasteiger partial charge in [0.15, 0.2) is 17.9 Å². The van der Waals surface area contributed by atoms with Gasteiger partial charge in [0.1, 0.15) is 35.7 Å². The Morgan fingerprint density at radius 3 is 2.50 bits per heavy atom. The van der Waals surface area contributed by atoms with Gasteiger partial charge in [-0.25, -0.2) is 18.6 Å². The van der Waals surface area contributed by atoms with Crippen molar-refractivity contribution >= 4 is 50.4 Å². The van der Waals surface area contributed by atoms with Crippen molar-refractivity contribution in [2.45, 2.75) is 44.5 Å². The maximum atomic E-state index is 15.1. The highest BCUT2D eigenvalue weighted by atomic mass is 32.3. The van der Waals surface area contributed by atoms with Gasteiger partial charge in [-0.05, 0) is 26.8 Å². The first kappa shape index (κ1) is 36.1. The van der Waals surface area contributed by atoms with Crippen molar-refractivity contribution in [1.82, 2.24) is 20.0 Å². The lowest BCUT2D eigenvalue weighted by molar-refractivity contribution is -0.753. The van der Waals surface area contributed by atoms with Crippen molar-refractivity contribution in [3.8, 4) is 16.9 Å². The number of carboxylic acids is 1. The Hall–Kier alpha value is -4.77. The summed E-state index contributed by atoms with van der Waals surface area (Å²) in [5, 5.41) is 17.2. The van der Waals surface area contributed by atoms with E-state index in [0.29, 0.717) is 24.6 Å². The zero-order valence-corrected chi connectivity index (χ0v) is 27.1. The molecule has 0 aliphatic carbocycles. The minimum Gasteiger partial charge on any atom is -0.489 e. The predicted molar refractivity (Wildman–Crippen MR) is 161 cm³/mol. The van der Waals surface area contributed by atoms with Gasteiger partial charge < -0.3 is 31.5 Å². The number of hydroxylamine groups is 2. The number of carbonyl (C=O) groups is 3. The van der Waals surface area contributed by atoms with Gasteiger partial charge >= 0.3 is 16.4 Å². The number of aliphatic carboxylic acids is 1. The maximum absolute atomic E-state index is 15.1. The summed E-state index contributed by atoms with van der Waals surface area (Å²) in [6.45, 7) is 2.75. The summed E-state index contributed by atoms with van der Waals surface area (Å²) in [5.74, 6) is -6.14. The monoisotopic (exact) mass is 717 g/mol. The number of oxime groups is 1. The Labute approximate surface area is 275 Å². The van der Waals surface area contributed by atoms with Crippen molar-refractivity contribution in [3.05, 3.63) is 47.2 Å². The first-order valence-electron chi connectivity index (χ1n) is 13.8. The van der Waals surface area contributed by atoms with E-state index in [1.807, 2.05) is 0 Å². The third-order valence-corrected chi connectivity index (χ3v) is 7.98. The molecule has 48 heavy (non-hydrogen) atoms. The van der Waals surface area contributed by atoms with Crippen LogP contribution in [0.3, 0.4) is 0 Å². The van der Waals surface area contributed by atoms with Gasteiger partial charge in [-0.15, -0.1) is 20.3 Å². The zero-order chi connectivity index (χ0) is 35.6. The van der Waals surface area contributed by atoms with E-state index in [2.05, 4.69) is 19.7 Å². The molecule has 1 fully saturated rings. The number of nitrogens with one attached hydrogen (secondary N) is 1. The molecule has 7 N–H and O–H groups in total. The van der Waals surface area contributed by atoms with Crippen molar-refractivity contribution in [2.75, 3.05) is 18.9 Å². The predicted octanol–water partition coefficient (Wildman–Crippen LogP) is -0.262. The van der Waals surface area contributed by atoms with Crippen LogP contribution in [0.25, 0.3) is 11.1 Å². The molecule has 0 spiro atoms. The molecule has 2 amide bonds. The number of amides is 2. The number of thiazole rings is 1. The van der Waals surface area contributed by atoms with Crippen LogP contribution in [0.5, 0.6) is 5.75 Å². The molecule has 22 heteroatoms. The Bertz CT molecular complexity index is 1840. The Balaban J connectivity index is 1.50. The van der Waals surface area contributed by atoms with Crippen LogP contribution < -0.4 is 26.2 Å². The quantitative estimate of drug-likeness (QED) is 0.0447. The second kappa shape index (κ2) is 14.1. The Morgan fingerprint density at radius 1 is 1.29 bits per heavy atom. The van der Waals surface area contributed by atoms with Crippen molar-refractivity contribution in [1.29, 1.82) is 0 Å². The first-order valence-corrected chi connectivity index (χ1v) is 16.1. The molecule has 1 aliphatic rings. The highest BCUT2D eigenvalue weighted by Crippen LogP contribution is 2.33. The number of ether oxygens (including phenoxy) is 1. The van der Waals surface area contributed by atoms with E-state index in [1.165, 1.54) is 25.4 Å². The molecule has 1 aliphatic heterocycles. The molecule has 2 atom stereocenters. The van der Waals surface area contributed by atoms with Crippen LogP contribution in [0.2, 0.25) is 0 Å². The number of nitrogens with zero attached hydrogens (tertiary/aromatic N) is 5. The number of halogens is 2. The number of aryl methyl sites for hydroxylation is 2. The van der Waals surface area contributed by atoms with Crippen molar-refractivity contribution in [2.24, 2.45) is 17.9 Å². The van der Waals surface area contributed by atoms with Crippen LogP contribution in [0.15, 0.2) is 35.1 Å². The van der Waals surface area contributed by atoms with E-state index < -0.39 is 69.8 Å². The number of β-lactam (4-membered cyclic amide) rings is 1. The molecule has 1 aromatic carbocycles. The van der Waals surface area contributed by atoms with Gasteiger partial charge in [-0.2, -0.15) is 18.2 Å². The van der Waals surface area contributed by atoms with Gasteiger partial charge in [0.2, 0.25) is 6.20 Å². The number of carbonyl (C=O) groups excluding carboxylic acids is 2. The third kappa shape index (κ3) is 8.02. The second-order valence-corrected chi connectivity index (χ2v) is 12.7. The van der Waals surface area contributed by atoms with Crippen LogP contribution in [0, 0.1) is 11.6 Å². The number of nitrogen functional groups attached to an aromatic ring is 1. The van der Waals surface area contributed by atoms with Gasteiger partial charge in [-0.3, -0.25) is 14.1 Å². The Morgan fingerprint density at radius 2 is 1.96 bits per heavy atom. The highest BCUT2D eigenvalue weighted by Gasteiger charge is 2.58. The van der Waals surface area contributed by atoms with Gasteiger partial charge in [-0.1, -0.05) is 5.16 Å². The molecule has 4 rings (SSSR count). The smallest absolute Gasteiger partial charge is 0.418 e. The maximum Gasteiger partial charge on any atom is 0.418 e. The summed E-state index contributed by atoms with van der Waals surface area (Å²) in [7, 11) is -3.36. The van der Waals surface area contributed by atoms with E-state index in [9.17, 15) is 27.9 Å². The topological polar surface area (TPSA) is 255 Å². The molecule has 2 aromatic heterocycles. The number of hydrogen-bond donors (Lipinski definition) is 5. The van der Waals surface area contributed by atoms with Gasteiger partial charge in [0, 0.05) is 17.5 Å². The van der Waals surface area contributed by atoms with E-state index in [-0.39, 0.29) is 27.7 Å². The number of carboxylic acid groups (broad SMARTS) is 1. The molecule has 260 valence electrons. The summed E-state index contributed by atoms with van der Waals surface area (Å²) in [5.41, 5.74) is 8.80. The lowest BCUT2D eigenvalue weighted by Gasteiger charge is -2.50. The molecule has 0 unspecified atom stereocenters. The summed E-state index contributed by atoms with van der Waals surface area (Å²) in [6, 6.07) is 0.328. The van der Waals surface area contributed by atoms with Crippen LogP contribution in [-0.4, -0.2) is 87.1 Å². The minimum atomic E-state index is -5.06. The minimum absolute atomic E-state index is 0.00947. The molecule has 0 bridgehead atoms. The number of nitrogens with two attached hydrogens (primary N) is 2. The standard InChI is InChI=1S/C26H30F2N8O10S2/c1-26(2)21(23(38)36(26)46-48(41,42)43)32-22(37)20(17-12-47-25(30)31-17)33-45-18(24(39)40)11-44-14-7-15(27)19(16(28)8-14)13-9-34(3)35(10-13)6-4-5-29/h7-10,12,18,21H,4-6,11,29H2,1-3H3,(H4-,30,31,32,37,39,40,41,42,43)/p+1/b33-20-/t18-,21+/m0/s1. The molecular formula is C26H31F2N8O10S2+. The zero-order valence-electron chi connectivity index (χ0n) is 25.5. The first-order chi connectivity index (χ1) is 22.4. The number of hydrogen-bond acceptors (Lipinski definition) is 13. The van der Waals surface area contributed by atoms with E-state index >= 15 is 8.78 Å². The van der Waals surface area contributed by atoms with Crippen LogP contribution in [0.4, 0.5) is 13.9 Å². The van der Waals surface area contributed by atoms with Crippen molar-refractivity contribution < 1.29 is 59.8 Å². The normalized spacial score (nSPS) is 16.7. The lowest BCUT2D eigenvalue weighted by atomic mass is 9.84. The summed E-state index contributed by atoms with van der Waals surface area (Å²) >= 11 is 0.892. The largest absolute Gasteiger partial charge is 0.489 e. The average molecular weight is 718 g/mol. The van der Waals surface area contributed by atoms with Crippen LogP contribution in [0.1, 0.15) is 26.0 Å². The van der Waals surface area contributed by atoms with Gasteiger partial charge in [0.25, 0.3) is 17.9 Å².